The van der Waals surface area contributed by atoms with Crippen LogP contribution in [0.2, 0.25) is 0 Å². The molecule has 0 amide bonds. The zero-order valence-electron chi connectivity index (χ0n) is 7.02. The lowest BCUT2D eigenvalue weighted by Gasteiger charge is -2.09. The fourth-order valence-electron chi connectivity index (χ4n) is 1.10. The Bertz CT molecular complexity index is 315. The maximum Gasteiger partial charge on any atom is 0.280 e. The molecule has 2 nitrogen and oxygen atoms in total. The SMILES string of the molecule is Cc1cc(N)nc(C(F)F)c1CCl. The molecule has 0 aromatic carbocycles. The Morgan fingerprint density at radius 1 is 1.62 bits per heavy atom. The van der Waals surface area contributed by atoms with Crippen molar-refractivity contribution in [1.29, 1.82) is 0 Å². The van der Waals surface area contributed by atoms with Crippen molar-refractivity contribution in [2.45, 2.75) is 19.2 Å². The number of pyridine rings is 1. The number of nitrogen functional groups attached to an aromatic ring is 1. The molecule has 2 N–H and O–H groups in total. The summed E-state index contributed by atoms with van der Waals surface area (Å²) in [6, 6.07) is 1.53. The van der Waals surface area contributed by atoms with Crippen LogP contribution in [0.5, 0.6) is 0 Å². The molecule has 0 saturated heterocycles. The van der Waals surface area contributed by atoms with Gasteiger partial charge in [-0.1, -0.05) is 0 Å². The largest absolute Gasteiger partial charge is 0.384 e. The predicted molar refractivity (Wildman–Crippen MR) is 47.9 cm³/mol. The smallest absolute Gasteiger partial charge is 0.280 e. The van der Waals surface area contributed by atoms with Crippen molar-refractivity contribution in [2.75, 3.05) is 5.73 Å². The summed E-state index contributed by atoms with van der Waals surface area (Å²) >= 11 is 5.52. The Morgan fingerprint density at radius 2 is 2.23 bits per heavy atom. The highest BCUT2D eigenvalue weighted by Crippen LogP contribution is 2.26. The van der Waals surface area contributed by atoms with Gasteiger partial charge < -0.3 is 5.73 Å². The molecule has 1 rings (SSSR count). The van der Waals surface area contributed by atoms with E-state index >= 15 is 0 Å². The molecule has 0 unspecified atom stereocenters. The summed E-state index contributed by atoms with van der Waals surface area (Å²) in [7, 11) is 0. The fraction of sp³-hybridized carbons (Fsp3) is 0.375. The lowest BCUT2D eigenvalue weighted by molar-refractivity contribution is 0.145. The molecule has 0 aliphatic rings. The van der Waals surface area contributed by atoms with Crippen LogP contribution in [0.1, 0.15) is 23.2 Å². The number of anilines is 1. The molecule has 5 heteroatoms. The second-order valence-electron chi connectivity index (χ2n) is 2.66. The van der Waals surface area contributed by atoms with Crippen molar-refractivity contribution >= 4 is 17.4 Å². The Labute approximate surface area is 79.7 Å². The van der Waals surface area contributed by atoms with Gasteiger partial charge in [0.1, 0.15) is 11.5 Å². The third-order valence-electron chi connectivity index (χ3n) is 1.74. The summed E-state index contributed by atoms with van der Waals surface area (Å²) in [6.07, 6.45) is -2.63. The molecule has 0 aliphatic carbocycles. The minimum Gasteiger partial charge on any atom is -0.384 e. The van der Waals surface area contributed by atoms with E-state index < -0.39 is 6.43 Å². The predicted octanol–water partition coefficient (Wildman–Crippen LogP) is 2.65. The zero-order chi connectivity index (χ0) is 10.0. The number of hydrogen-bond donors (Lipinski definition) is 1. The number of halogens is 3. The van der Waals surface area contributed by atoms with E-state index in [4.69, 9.17) is 17.3 Å². The Hall–Kier alpha value is -0.900. The van der Waals surface area contributed by atoms with Crippen LogP contribution in [0.15, 0.2) is 6.07 Å². The van der Waals surface area contributed by atoms with Gasteiger partial charge in [-0.2, -0.15) is 0 Å². The number of nitrogens with zero attached hydrogens (tertiary/aromatic N) is 1. The second-order valence-corrected chi connectivity index (χ2v) is 2.93. The monoisotopic (exact) mass is 206 g/mol. The maximum absolute atomic E-state index is 12.4. The van der Waals surface area contributed by atoms with Gasteiger partial charge in [0, 0.05) is 5.88 Å². The summed E-state index contributed by atoms with van der Waals surface area (Å²) in [4.78, 5) is 3.55. The molecule has 0 fully saturated rings. The molecule has 0 atom stereocenters. The fourth-order valence-corrected chi connectivity index (χ4v) is 1.45. The Kier molecular flexibility index (Phi) is 3.03. The molecule has 0 spiro atoms. The number of aromatic nitrogens is 1. The van der Waals surface area contributed by atoms with Gasteiger partial charge in [-0.3, -0.25) is 0 Å². The molecular weight excluding hydrogens is 198 g/mol. The van der Waals surface area contributed by atoms with E-state index in [1.807, 2.05) is 0 Å². The van der Waals surface area contributed by atoms with E-state index in [2.05, 4.69) is 4.98 Å². The van der Waals surface area contributed by atoms with Gasteiger partial charge in [0.25, 0.3) is 6.43 Å². The number of rotatable bonds is 2. The molecule has 0 radical (unpaired) electrons. The molecule has 0 aliphatic heterocycles. The van der Waals surface area contributed by atoms with Crippen LogP contribution in [0.3, 0.4) is 0 Å². The van der Waals surface area contributed by atoms with Crippen molar-refractivity contribution in [1.82, 2.24) is 4.98 Å². The summed E-state index contributed by atoms with van der Waals surface area (Å²) < 4.78 is 24.8. The summed E-state index contributed by atoms with van der Waals surface area (Å²) in [5, 5.41) is 0. The van der Waals surface area contributed by atoms with Gasteiger partial charge in [-0.25, -0.2) is 13.8 Å². The third-order valence-corrected chi connectivity index (χ3v) is 2.01. The minimum atomic E-state index is -2.63. The molecule has 0 saturated carbocycles. The van der Waals surface area contributed by atoms with Crippen molar-refractivity contribution in [3.8, 4) is 0 Å². The van der Waals surface area contributed by atoms with Crippen LogP contribution in [-0.4, -0.2) is 4.98 Å². The van der Waals surface area contributed by atoms with E-state index in [0.717, 1.165) is 0 Å². The van der Waals surface area contributed by atoms with Crippen LogP contribution >= 0.6 is 11.6 Å². The zero-order valence-corrected chi connectivity index (χ0v) is 7.78. The standard InChI is InChI=1S/C8H9ClF2N2/c1-4-2-6(12)13-7(8(10)11)5(4)3-9/h2,8H,3H2,1H3,(H2,12,13). The van der Waals surface area contributed by atoms with Crippen LogP contribution in [-0.2, 0) is 5.88 Å². The maximum atomic E-state index is 12.4. The van der Waals surface area contributed by atoms with Gasteiger partial charge in [0.05, 0.1) is 0 Å². The van der Waals surface area contributed by atoms with Gasteiger partial charge in [-0.15, -0.1) is 11.6 Å². The number of hydrogen-bond acceptors (Lipinski definition) is 2. The lowest BCUT2D eigenvalue weighted by atomic mass is 10.1. The lowest BCUT2D eigenvalue weighted by Crippen LogP contribution is -2.03. The van der Waals surface area contributed by atoms with Crippen molar-refractivity contribution in [2.24, 2.45) is 0 Å². The first-order valence-electron chi connectivity index (χ1n) is 3.66. The molecule has 13 heavy (non-hydrogen) atoms. The van der Waals surface area contributed by atoms with Crippen LogP contribution in [0, 0.1) is 6.92 Å². The van der Waals surface area contributed by atoms with E-state index in [0.29, 0.717) is 11.1 Å². The molecule has 1 aromatic rings. The summed E-state index contributed by atoms with van der Waals surface area (Å²) in [5.74, 6) is 0.125. The van der Waals surface area contributed by atoms with E-state index in [-0.39, 0.29) is 17.4 Å². The molecule has 72 valence electrons. The minimum absolute atomic E-state index is 0.0266. The first-order valence-corrected chi connectivity index (χ1v) is 4.19. The van der Waals surface area contributed by atoms with E-state index in [1.54, 1.807) is 6.92 Å². The van der Waals surface area contributed by atoms with Gasteiger partial charge in [-0.05, 0) is 24.1 Å². The average molecular weight is 207 g/mol. The van der Waals surface area contributed by atoms with E-state index in [9.17, 15) is 8.78 Å². The topological polar surface area (TPSA) is 38.9 Å². The molecule has 1 heterocycles. The van der Waals surface area contributed by atoms with Crippen molar-refractivity contribution in [3.63, 3.8) is 0 Å². The quantitative estimate of drug-likeness (QED) is 0.756. The molecular formula is C8H9ClF2N2. The van der Waals surface area contributed by atoms with Crippen LogP contribution in [0.4, 0.5) is 14.6 Å². The van der Waals surface area contributed by atoms with E-state index in [1.165, 1.54) is 6.07 Å². The second kappa shape index (κ2) is 3.87. The highest BCUT2D eigenvalue weighted by Gasteiger charge is 2.16. The molecule has 1 aromatic heterocycles. The highest BCUT2D eigenvalue weighted by atomic mass is 35.5. The van der Waals surface area contributed by atoms with Gasteiger partial charge in [0.15, 0.2) is 0 Å². The number of nitrogens with two attached hydrogens (primary N) is 1. The van der Waals surface area contributed by atoms with Crippen LogP contribution in [0.25, 0.3) is 0 Å². The summed E-state index contributed by atoms with van der Waals surface area (Å²) in [5.41, 5.74) is 6.04. The van der Waals surface area contributed by atoms with Crippen LogP contribution < -0.4 is 5.73 Å². The average Bonchev–Trinajstić information content (AvgIpc) is 2.02. The van der Waals surface area contributed by atoms with Crippen molar-refractivity contribution < 1.29 is 8.78 Å². The third kappa shape index (κ3) is 2.06. The highest BCUT2D eigenvalue weighted by molar-refractivity contribution is 6.17. The van der Waals surface area contributed by atoms with Gasteiger partial charge >= 0.3 is 0 Å². The Morgan fingerprint density at radius 3 is 2.69 bits per heavy atom. The molecule has 0 bridgehead atoms. The summed E-state index contributed by atoms with van der Waals surface area (Å²) in [6.45, 7) is 1.68. The Balaban J connectivity index is 3.29. The normalized spacial score (nSPS) is 10.8. The van der Waals surface area contributed by atoms with Crippen molar-refractivity contribution in [3.05, 3.63) is 22.9 Å². The first kappa shape index (κ1) is 10.2. The number of aryl methyl sites for hydroxylation is 1. The number of alkyl halides is 3. The van der Waals surface area contributed by atoms with Gasteiger partial charge in [0.2, 0.25) is 0 Å². The first-order chi connectivity index (χ1) is 6.06.